The lowest BCUT2D eigenvalue weighted by molar-refractivity contribution is 0.547. The van der Waals surface area contributed by atoms with Crippen molar-refractivity contribution in [2.24, 2.45) is 5.92 Å². The predicted molar refractivity (Wildman–Crippen MR) is 84.3 cm³/mol. The van der Waals surface area contributed by atoms with Gasteiger partial charge >= 0.3 is 0 Å². The molecule has 1 N–H and O–H groups in total. The van der Waals surface area contributed by atoms with Gasteiger partial charge in [0.2, 0.25) is 10.0 Å². The number of para-hydroxylation sites is 1. The topological polar surface area (TPSA) is 59.1 Å². The van der Waals surface area contributed by atoms with Crippen molar-refractivity contribution in [3.8, 4) is 0 Å². The van der Waals surface area contributed by atoms with Crippen molar-refractivity contribution in [2.45, 2.75) is 32.2 Å². The number of hydrogen-bond donors (Lipinski definition) is 1. The standard InChI is InChI=1S/C16H20N2O2S/c19-21(20,12-13-5-1-2-6-13)18-11-14-9-10-17-16-8-4-3-7-15(14)16/h3-4,7-10,13,18H,1-2,5-6,11-12H2. The van der Waals surface area contributed by atoms with Crippen molar-refractivity contribution in [3.63, 3.8) is 0 Å². The molecule has 3 rings (SSSR count). The Hall–Kier alpha value is -1.46. The second kappa shape index (κ2) is 6.12. The highest BCUT2D eigenvalue weighted by Gasteiger charge is 2.22. The van der Waals surface area contributed by atoms with Gasteiger partial charge in [0.1, 0.15) is 0 Å². The molecule has 0 spiro atoms. The lowest BCUT2D eigenvalue weighted by atomic mass is 10.1. The van der Waals surface area contributed by atoms with Crippen molar-refractivity contribution in [3.05, 3.63) is 42.1 Å². The number of hydrogen-bond acceptors (Lipinski definition) is 3. The maximum atomic E-state index is 12.2. The average Bonchev–Trinajstić information content (AvgIpc) is 2.97. The van der Waals surface area contributed by atoms with Crippen LogP contribution in [0, 0.1) is 5.92 Å². The highest BCUT2D eigenvalue weighted by molar-refractivity contribution is 7.89. The van der Waals surface area contributed by atoms with Crippen LogP contribution in [0.1, 0.15) is 31.2 Å². The molecule has 1 saturated carbocycles. The average molecular weight is 304 g/mol. The number of fused-ring (bicyclic) bond motifs is 1. The van der Waals surface area contributed by atoms with Crippen LogP contribution >= 0.6 is 0 Å². The molecule has 0 amide bonds. The van der Waals surface area contributed by atoms with Crippen molar-refractivity contribution in [1.29, 1.82) is 0 Å². The number of benzene rings is 1. The van der Waals surface area contributed by atoms with Crippen LogP contribution in [0.5, 0.6) is 0 Å². The minimum absolute atomic E-state index is 0.260. The van der Waals surface area contributed by atoms with E-state index in [1.165, 1.54) is 0 Å². The molecule has 21 heavy (non-hydrogen) atoms. The second-order valence-corrected chi connectivity index (χ2v) is 7.59. The normalized spacial score (nSPS) is 16.6. The summed E-state index contributed by atoms with van der Waals surface area (Å²) in [5, 5.41) is 1.00. The van der Waals surface area contributed by atoms with Crippen LogP contribution in [0.25, 0.3) is 10.9 Å². The number of nitrogens with zero attached hydrogens (tertiary/aromatic N) is 1. The Bertz CT molecular complexity index is 717. The molecule has 0 unspecified atom stereocenters. The van der Waals surface area contributed by atoms with E-state index in [1.807, 2.05) is 30.3 Å². The molecule has 1 aromatic heterocycles. The Balaban J connectivity index is 1.71. The fourth-order valence-electron chi connectivity index (χ4n) is 3.04. The van der Waals surface area contributed by atoms with Crippen LogP contribution in [0.3, 0.4) is 0 Å². The number of sulfonamides is 1. The highest BCUT2D eigenvalue weighted by Crippen LogP contribution is 2.25. The van der Waals surface area contributed by atoms with E-state index in [0.717, 1.165) is 42.1 Å². The van der Waals surface area contributed by atoms with Gasteiger partial charge in [-0.25, -0.2) is 13.1 Å². The van der Waals surface area contributed by atoms with Gasteiger partial charge in [0.05, 0.1) is 11.3 Å². The Kier molecular flexibility index (Phi) is 4.22. The van der Waals surface area contributed by atoms with E-state index in [4.69, 9.17) is 0 Å². The number of pyridine rings is 1. The van der Waals surface area contributed by atoms with E-state index in [9.17, 15) is 8.42 Å². The molecule has 1 aliphatic carbocycles. The summed E-state index contributed by atoms with van der Waals surface area (Å²) < 4.78 is 27.1. The van der Waals surface area contributed by atoms with E-state index in [2.05, 4.69) is 9.71 Å². The van der Waals surface area contributed by atoms with E-state index < -0.39 is 10.0 Å². The first-order valence-electron chi connectivity index (χ1n) is 7.44. The van der Waals surface area contributed by atoms with Gasteiger partial charge in [-0.05, 0) is 36.5 Å². The predicted octanol–water partition coefficient (Wildman–Crippen LogP) is 2.84. The fourth-order valence-corrected chi connectivity index (χ4v) is 4.49. The molecule has 0 bridgehead atoms. The van der Waals surface area contributed by atoms with Crippen LogP contribution < -0.4 is 4.72 Å². The Morgan fingerprint density at radius 3 is 2.71 bits per heavy atom. The minimum Gasteiger partial charge on any atom is -0.256 e. The van der Waals surface area contributed by atoms with Gasteiger partial charge in [0.15, 0.2) is 0 Å². The SMILES string of the molecule is O=S(=O)(CC1CCCC1)NCc1ccnc2ccccc12. The quantitative estimate of drug-likeness (QED) is 0.924. The number of aromatic nitrogens is 1. The first kappa shape index (κ1) is 14.5. The Labute approximate surface area is 125 Å². The summed E-state index contributed by atoms with van der Waals surface area (Å²) in [4.78, 5) is 4.29. The summed E-state index contributed by atoms with van der Waals surface area (Å²) in [5.41, 5.74) is 1.86. The molecule has 0 saturated heterocycles. The van der Waals surface area contributed by atoms with E-state index in [1.54, 1.807) is 6.20 Å². The second-order valence-electron chi connectivity index (χ2n) is 5.74. The number of rotatable bonds is 5. The zero-order valence-electron chi connectivity index (χ0n) is 12.0. The zero-order chi connectivity index (χ0) is 14.7. The molecule has 1 aromatic carbocycles. The van der Waals surface area contributed by atoms with Crippen LogP contribution in [0.4, 0.5) is 0 Å². The fraction of sp³-hybridized carbons (Fsp3) is 0.438. The molecule has 0 atom stereocenters. The van der Waals surface area contributed by atoms with Gasteiger partial charge in [0, 0.05) is 18.1 Å². The molecule has 0 aliphatic heterocycles. The Morgan fingerprint density at radius 1 is 1.14 bits per heavy atom. The van der Waals surface area contributed by atoms with Gasteiger partial charge in [-0.2, -0.15) is 0 Å². The molecule has 2 aromatic rings. The summed E-state index contributed by atoms with van der Waals surface area (Å²) in [6, 6.07) is 9.67. The molecule has 1 heterocycles. The van der Waals surface area contributed by atoms with Gasteiger partial charge in [-0.3, -0.25) is 4.98 Å². The maximum Gasteiger partial charge on any atom is 0.212 e. The van der Waals surface area contributed by atoms with Crippen molar-refractivity contribution in [1.82, 2.24) is 9.71 Å². The molecule has 1 fully saturated rings. The van der Waals surface area contributed by atoms with Crippen LogP contribution in [-0.2, 0) is 16.6 Å². The van der Waals surface area contributed by atoms with Crippen LogP contribution in [-0.4, -0.2) is 19.2 Å². The number of nitrogens with one attached hydrogen (secondary N) is 1. The molecule has 112 valence electrons. The van der Waals surface area contributed by atoms with E-state index >= 15 is 0 Å². The summed E-state index contributed by atoms with van der Waals surface area (Å²) in [5.74, 6) is 0.590. The van der Waals surface area contributed by atoms with Gasteiger partial charge < -0.3 is 0 Å². The first-order valence-corrected chi connectivity index (χ1v) is 9.09. The van der Waals surface area contributed by atoms with Crippen molar-refractivity contribution < 1.29 is 8.42 Å². The summed E-state index contributed by atoms with van der Waals surface area (Å²) in [6.45, 7) is 0.331. The summed E-state index contributed by atoms with van der Waals surface area (Å²) in [6.07, 6.45) is 6.13. The molecular weight excluding hydrogens is 284 g/mol. The first-order chi connectivity index (χ1) is 10.1. The monoisotopic (exact) mass is 304 g/mol. The molecule has 4 nitrogen and oxygen atoms in total. The highest BCUT2D eigenvalue weighted by atomic mass is 32.2. The molecule has 5 heteroatoms. The van der Waals surface area contributed by atoms with E-state index in [0.29, 0.717) is 12.5 Å². The lowest BCUT2D eigenvalue weighted by Gasteiger charge is -2.12. The van der Waals surface area contributed by atoms with Crippen molar-refractivity contribution in [2.75, 3.05) is 5.75 Å². The van der Waals surface area contributed by atoms with Gasteiger partial charge in [-0.15, -0.1) is 0 Å². The Morgan fingerprint density at radius 2 is 1.90 bits per heavy atom. The zero-order valence-corrected chi connectivity index (χ0v) is 12.8. The smallest absolute Gasteiger partial charge is 0.212 e. The third-order valence-corrected chi connectivity index (χ3v) is 5.65. The molecule has 1 aliphatic rings. The maximum absolute atomic E-state index is 12.2. The van der Waals surface area contributed by atoms with Gasteiger partial charge in [0.25, 0.3) is 0 Å². The van der Waals surface area contributed by atoms with Gasteiger partial charge in [-0.1, -0.05) is 31.0 Å². The van der Waals surface area contributed by atoms with Crippen LogP contribution in [0.15, 0.2) is 36.5 Å². The largest absolute Gasteiger partial charge is 0.256 e. The molecular formula is C16H20N2O2S. The third-order valence-electron chi connectivity index (χ3n) is 4.15. The minimum atomic E-state index is -3.20. The third kappa shape index (κ3) is 3.60. The van der Waals surface area contributed by atoms with E-state index in [-0.39, 0.29) is 5.75 Å². The summed E-state index contributed by atoms with van der Waals surface area (Å²) >= 11 is 0. The van der Waals surface area contributed by atoms with Crippen molar-refractivity contribution >= 4 is 20.9 Å². The lowest BCUT2D eigenvalue weighted by Crippen LogP contribution is -2.28. The van der Waals surface area contributed by atoms with Crippen LogP contribution in [0.2, 0.25) is 0 Å². The summed E-state index contributed by atoms with van der Waals surface area (Å²) in [7, 11) is -3.20. The molecule has 0 radical (unpaired) electrons.